The normalized spacial score (nSPS) is 12.5. The van der Waals surface area contributed by atoms with E-state index in [4.69, 9.17) is 5.73 Å². The van der Waals surface area contributed by atoms with Crippen LogP contribution in [0, 0.1) is 0 Å². The van der Waals surface area contributed by atoms with Gasteiger partial charge in [-0.3, -0.25) is 9.48 Å². The van der Waals surface area contributed by atoms with Gasteiger partial charge in [-0.1, -0.05) is 0 Å². The van der Waals surface area contributed by atoms with E-state index in [-0.39, 0.29) is 0 Å². The minimum Gasteiger partial charge on any atom is -0.366 e. The van der Waals surface area contributed by atoms with E-state index >= 15 is 0 Å². The van der Waals surface area contributed by atoms with E-state index in [0.717, 1.165) is 16.9 Å². The predicted molar refractivity (Wildman–Crippen MR) is 67.2 cm³/mol. The van der Waals surface area contributed by atoms with Crippen LogP contribution in [0.3, 0.4) is 0 Å². The highest BCUT2D eigenvalue weighted by molar-refractivity contribution is 5.94. The van der Waals surface area contributed by atoms with Crippen molar-refractivity contribution in [1.29, 1.82) is 0 Å². The Morgan fingerprint density at radius 1 is 1.09 bits per heavy atom. The van der Waals surface area contributed by atoms with Gasteiger partial charge in [0.25, 0.3) is 0 Å². The molecule has 2 N–H and O–H groups in total. The van der Waals surface area contributed by atoms with Gasteiger partial charge >= 0.3 is 12.4 Å². The van der Waals surface area contributed by atoms with Crippen molar-refractivity contribution in [2.75, 3.05) is 0 Å². The first kappa shape index (κ1) is 16.8. The van der Waals surface area contributed by atoms with Crippen LogP contribution in [0.1, 0.15) is 21.6 Å². The lowest BCUT2D eigenvalue weighted by atomic mass is 9.99. The number of nitrogens with zero attached hydrogens (tertiary/aromatic N) is 2. The average molecular weight is 337 g/mol. The topological polar surface area (TPSA) is 60.9 Å². The summed E-state index contributed by atoms with van der Waals surface area (Å²) in [6, 6.07) is 1.86. The quantitative estimate of drug-likeness (QED) is 0.856. The zero-order chi connectivity index (χ0) is 17.6. The molecule has 0 spiro atoms. The van der Waals surface area contributed by atoms with Gasteiger partial charge in [0.15, 0.2) is 5.69 Å². The first-order valence-electron chi connectivity index (χ1n) is 6.03. The highest BCUT2D eigenvalue weighted by Crippen LogP contribution is 2.38. The second kappa shape index (κ2) is 5.28. The molecule has 23 heavy (non-hydrogen) atoms. The Labute approximate surface area is 125 Å². The van der Waals surface area contributed by atoms with E-state index in [2.05, 4.69) is 5.10 Å². The number of aromatic nitrogens is 2. The molecule has 0 atom stereocenters. The summed E-state index contributed by atoms with van der Waals surface area (Å²) in [6.45, 7) is 0. The number of halogens is 6. The summed E-state index contributed by atoms with van der Waals surface area (Å²) in [4.78, 5) is 11.2. The molecule has 0 saturated carbocycles. The van der Waals surface area contributed by atoms with Gasteiger partial charge in [-0.25, -0.2) is 0 Å². The van der Waals surface area contributed by atoms with Gasteiger partial charge < -0.3 is 5.73 Å². The van der Waals surface area contributed by atoms with Crippen LogP contribution >= 0.6 is 0 Å². The molecule has 1 amide bonds. The average Bonchev–Trinajstić information content (AvgIpc) is 2.79. The smallest absolute Gasteiger partial charge is 0.366 e. The molecule has 124 valence electrons. The van der Waals surface area contributed by atoms with Crippen molar-refractivity contribution < 1.29 is 31.1 Å². The number of rotatable bonds is 2. The number of amides is 1. The standard InChI is InChI=1S/C13H9F6N3O/c1-22-5-9(10(21-22)13(17,18)19)6-2-7(11(20)23)4-8(3-6)12(14,15)16/h2-5H,1H3,(H2,20,23). The number of hydrogen-bond acceptors (Lipinski definition) is 2. The monoisotopic (exact) mass is 337 g/mol. The fourth-order valence-electron chi connectivity index (χ4n) is 2.00. The largest absolute Gasteiger partial charge is 0.435 e. The molecular formula is C13H9F6N3O. The fourth-order valence-corrected chi connectivity index (χ4v) is 2.00. The molecule has 0 saturated heterocycles. The highest BCUT2D eigenvalue weighted by Gasteiger charge is 2.38. The Kier molecular flexibility index (Phi) is 3.87. The zero-order valence-electron chi connectivity index (χ0n) is 11.5. The first-order chi connectivity index (χ1) is 10.4. The molecule has 0 unspecified atom stereocenters. The third-order valence-electron chi connectivity index (χ3n) is 2.95. The number of benzene rings is 1. The Bertz CT molecular complexity index is 760. The molecular weight excluding hydrogens is 328 g/mol. The summed E-state index contributed by atoms with van der Waals surface area (Å²) in [5.41, 5.74) is 0.749. The Morgan fingerprint density at radius 3 is 2.17 bits per heavy atom. The summed E-state index contributed by atoms with van der Waals surface area (Å²) in [5.74, 6) is -1.19. The van der Waals surface area contributed by atoms with Crippen LogP contribution in [0.2, 0.25) is 0 Å². The third-order valence-corrected chi connectivity index (χ3v) is 2.95. The molecule has 0 fully saturated rings. The third kappa shape index (κ3) is 3.46. The Balaban J connectivity index is 2.74. The van der Waals surface area contributed by atoms with Crippen molar-refractivity contribution in [2.24, 2.45) is 12.8 Å². The molecule has 0 aliphatic rings. The number of alkyl halides is 6. The van der Waals surface area contributed by atoms with Crippen molar-refractivity contribution in [3.63, 3.8) is 0 Å². The lowest BCUT2D eigenvalue weighted by Gasteiger charge is -2.12. The van der Waals surface area contributed by atoms with E-state index in [9.17, 15) is 31.1 Å². The van der Waals surface area contributed by atoms with Crippen LogP contribution in [-0.4, -0.2) is 15.7 Å². The van der Waals surface area contributed by atoms with Crippen LogP contribution in [0.4, 0.5) is 26.3 Å². The van der Waals surface area contributed by atoms with E-state index < -0.39 is 46.2 Å². The minimum atomic E-state index is -4.86. The molecule has 2 rings (SSSR count). The zero-order valence-corrected chi connectivity index (χ0v) is 11.5. The number of hydrogen-bond donors (Lipinski definition) is 1. The van der Waals surface area contributed by atoms with E-state index in [0.29, 0.717) is 12.1 Å². The van der Waals surface area contributed by atoms with Crippen molar-refractivity contribution in [3.05, 3.63) is 41.2 Å². The van der Waals surface area contributed by atoms with Crippen LogP contribution in [0.15, 0.2) is 24.4 Å². The molecule has 0 bridgehead atoms. The molecule has 2 aromatic rings. The summed E-state index contributed by atoms with van der Waals surface area (Å²) >= 11 is 0. The molecule has 0 aliphatic carbocycles. The van der Waals surface area contributed by atoms with Gasteiger partial charge in [-0.05, 0) is 23.8 Å². The van der Waals surface area contributed by atoms with Crippen molar-refractivity contribution in [2.45, 2.75) is 12.4 Å². The van der Waals surface area contributed by atoms with Gasteiger partial charge in [0.05, 0.1) is 5.56 Å². The summed E-state index contributed by atoms with van der Waals surface area (Å²) in [7, 11) is 1.20. The van der Waals surface area contributed by atoms with E-state index in [1.54, 1.807) is 0 Å². The number of carbonyl (C=O) groups excluding carboxylic acids is 1. The maximum atomic E-state index is 13.0. The number of aryl methyl sites for hydroxylation is 1. The van der Waals surface area contributed by atoms with Crippen LogP contribution < -0.4 is 5.73 Å². The van der Waals surface area contributed by atoms with Crippen molar-refractivity contribution in [1.82, 2.24) is 9.78 Å². The van der Waals surface area contributed by atoms with E-state index in [1.165, 1.54) is 7.05 Å². The number of carbonyl (C=O) groups is 1. The van der Waals surface area contributed by atoms with Crippen LogP contribution in [0.25, 0.3) is 11.1 Å². The summed E-state index contributed by atoms with van der Waals surface area (Å²) < 4.78 is 78.3. The lowest BCUT2D eigenvalue weighted by Crippen LogP contribution is -2.14. The highest BCUT2D eigenvalue weighted by atomic mass is 19.4. The molecule has 1 aromatic heterocycles. The lowest BCUT2D eigenvalue weighted by molar-refractivity contribution is -0.141. The maximum Gasteiger partial charge on any atom is 0.435 e. The van der Waals surface area contributed by atoms with Crippen LogP contribution in [0.5, 0.6) is 0 Å². The Morgan fingerprint density at radius 2 is 1.70 bits per heavy atom. The van der Waals surface area contributed by atoms with Crippen LogP contribution in [-0.2, 0) is 19.4 Å². The maximum absolute atomic E-state index is 13.0. The molecule has 0 aliphatic heterocycles. The van der Waals surface area contributed by atoms with Crippen molar-refractivity contribution in [3.8, 4) is 11.1 Å². The second-order valence-corrected chi connectivity index (χ2v) is 4.72. The second-order valence-electron chi connectivity index (χ2n) is 4.72. The molecule has 0 radical (unpaired) electrons. The van der Waals surface area contributed by atoms with Crippen molar-refractivity contribution >= 4 is 5.91 Å². The first-order valence-corrected chi connectivity index (χ1v) is 6.03. The molecule has 1 aromatic carbocycles. The van der Waals surface area contributed by atoms with Gasteiger partial charge in [0.2, 0.25) is 5.91 Å². The summed E-state index contributed by atoms with van der Waals surface area (Å²) in [6.07, 6.45) is -8.79. The molecule has 1 heterocycles. The minimum absolute atomic E-state index is 0.450. The molecule has 10 heteroatoms. The van der Waals surface area contributed by atoms with Gasteiger partial charge in [0.1, 0.15) is 0 Å². The SMILES string of the molecule is Cn1cc(-c2cc(C(N)=O)cc(C(F)(F)F)c2)c(C(F)(F)F)n1. The van der Waals surface area contributed by atoms with E-state index in [1.807, 2.05) is 0 Å². The predicted octanol–water partition coefficient (Wildman–Crippen LogP) is 3.22. The van der Waals surface area contributed by atoms with Gasteiger partial charge in [-0.2, -0.15) is 31.4 Å². The number of nitrogens with two attached hydrogens (primary N) is 1. The summed E-state index contributed by atoms with van der Waals surface area (Å²) in [5, 5.41) is 3.22. The number of primary amides is 1. The van der Waals surface area contributed by atoms with Gasteiger partial charge in [0, 0.05) is 24.4 Å². The van der Waals surface area contributed by atoms with Gasteiger partial charge in [-0.15, -0.1) is 0 Å². The Hall–Kier alpha value is -2.52. The fraction of sp³-hybridized carbons (Fsp3) is 0.231. The molecule has 4 nitrogen and oxygen atoms in total.